The lowest BCUT2D eigenvalue weighted by molar-refractivity contribution is -0.144. The summed E-state index contributed by atoms with van der Waals surface area (Å²) in [5.41, 5.74) is 0.368. The molecular weight excluding hydrogens is 254 g/mol. The summed E-state index contributed by atoms with van der Waals surface area (Å²) in [4.78, 5) is 36.7. The van der Waals surface area contributed by atoms with Crippen LogP contribution < -0.4 is 0 Å². The predicted molar refractivity (Wildman–Crippen MR) is 74.0 cm³/mol. The number of imide groups is 3. The highest BCUT2D eigenvalue weighted by molar-refractivity contribution is 6.17. The molecule has 1 fully saturated rings. The molecular formula is C16H13NO3. The van der Waals surface area contributed by atoms with Gasteiger partial charge in [-0.1, -0.05) is 30.3 Å². The van der Waals surface area contributed by atoms with Crippen LogP contribution in [0.2, 0.25) is 0 Å². The van der Waals surface area contributed by atoms with Crippen LogP contribution >= 0.6 is 0 Å². The molecule has 3 amide bonds. The van der Waals surface area contributed by atoms with Crippen LogP contribution in [0.5, 0.6) is 0 Å². The van der Waals surface area contributed by atoms with Crippen LogP contribution in [0.15, 0.2) is 42.5 Å². The van der Waals surface area contributed by atoms with Gasteiger partial charge in [0.05, 0.1) is 0 Å². The van der Waals surface area contributed by atoms with E-state index in [1.54, 1.807) is 12.1 Å². The molecule has 4 nitrogen and oxygen atoms in total. The van der Waals surface area contributed by atoms with E-state index in [1.807, 2.05) is 30.3 Å². The second-order valence-electron chi connectivity index (χ2n) is 4.84. The Kier molecular flexibility index (Phi) is 3.06. The molecule has 0 spiro atoms. The maximum atomic E-state index is 12.3. The molecule has 0 aromatic heterocycles. The second kappa shape index (κ2) is 4.89. The zero-order chi connectivity index (χ0) is 14.1. The molecule has 0 radical (unpaired) electrons. The average Bonchev–Trinajstić information content (AvgIpc) is 2.46. The summed E-state index contributed by atoms with van der Waals surface area (Å²) in [5, 5.41) is 1.93. The fourth-order valence-corrected chi connectivity index (χ4v) is 2.43. The number of hydrogen-bond donors (Lipinski definition) is 0. The fraction of sp³-hybridized carbons (Fsp3) is 0.188. The lowest BCUT2D eigenvalue weighted by Gasteiger charge is -2.23. The molecule has 1 saturated heterocycles. The zero-order valence-corrected chi connectivity index (χ0v) is 10.8. The van der Waals surface area contributed by atoms with E-state index in [2.05, 4.69) is 0 Å². The van der Waals surface area contributed by atoms with Gasteiger partial charge < -0.3 is 0 Å². The summed E-state index contributed by atoms with van der Waals surface area (Å²) >= 11 is 0. The van der Waals surface area contributed by atoms with Gasteiger partial charge in [-0.25, -0.2) is 4.90 Å². The number of carbonyl (C=O) groups is 3. The van der Waals surface area contributed by atoms with Crippen molar-refractivity contribution in [2.24, 2.45) is 0 Å². The Labute approximate surface area is 116 Å². The molecule has 0 N–H and O–H groups in total. The molecule has 20 heavy (non-hydrogen) atoms. The third-order valence-electron chi connectivity index (χ3n) is 3.48. The fourth-order valence-electron chi connectivity index (χ4n) is 2.43. The lowest BCUT2D eigenvalue weighted by Crippen LogP contribution is -2.44. The van der Waals surface area contributed by atoms with Gasteiger partial charge >= 0.3 is 0 Å². The number of amides is 3. The normalized spacial score (nSPS) is 15.7. The Balaban J connectivity index is 1.99. The Morgan fingerprint density at radius 2 is 1.55 bits per heavy atom. The largest absolute Gasteiger partial charge is 0.274 e. The molecule has 100 valence electrons. The van der Waals surface area contributed by atoms with Crippen LogP contribution in [0.3, 0.4) is 0 Å². The first-order chi connectivity index (χ1) is 9.66. The van der Waals surface area contributed by atoms with E-state index in [9.17, 15) is 14.4 Å². The number of rotatable bonds is 1. The highest BCUT2D eigenvalue weighted by atomic mass is 16.2. The lowest BCUT2D eigenvalue weighted by atomic mass is 10.0. The summed E-state index contributed by atoms with van der Waals surface area (Å²) in [5.74, 6) is -1.33. The monoisotopic (exact) mass is 267 g/mol. The van der Waals surface area contributed by atoms with Crippen LogP contribution in [-0.2, 0) is 9.59 Å². The maximum absolute atomic E-state index is 12.3. The van der Waals surface area contributed by atoms with E-state index in [1.165, 1.54) is 0 Å². The summed E-state index contributed by atoms with van der Waals surface area (Å²) in [6.07, 6.45) is 1.04. The topological polar surface area (TPSA) is 54.5 Å². The third-order valence-corrected chi connectivity index (χ3v) is 3.48. The Morgan fingerprint density at radius 3 is 2.25 bits per heavy atom. The van der Waals surface area contributed by atoms with E-state index < -0.39 is 17.7 Å². The van der Waals surface area contributed by atoms with Crippen molar-refractivity contribution in [2.45, 2.75) is 19.3 Å². The van der Waals surface area contributed by atoms with Gasteiger partial charge in [0.15, 0.2) is 0 Å². The number of fused-ring (bicyclic) bond motifs is 1. The minimum absolute atomic E-state index is 0.255. The number of benzene rings is 2. The van der Waals surface area contributed by atoms with Crippen LogP contribution in [0, 0.1) is 0 Å². The number of nitrogens with zero attached hydrogens (tertiary/aromatic N) is 1. The molecule has 4 heteroatoms. The summed E-state index contributed by atoms with van der Waals surface area (Å²) < 4.78 is 0. The maximum Gasteiger partial charge on any atom is 0.267 e. The van der Waals surface area contributed by atoms with Gasteiger partial charge in [0.1, 0.15) is 0 Å². The minimum atomic E-state index is -0.523. The van der Waals surface area contributed by atoms with Crippen molar-refractivity contribution < 1.29 is 14.4 Å². The first-order valence-electron chi connectivity index (χ1n) is 6.56. The SMILES string of the molecule is O=C1CCCC(=O)N1C(=O)c1ccc2ccccc2c1. The zero-order valence-electron chi connectivity index (χ0n) is 10.8. The molecule has 0 atom stereocenters. The molecule has 1 aliphatic heterocycles. The van der Waals surface area contributed by atoms with E-state index >= 15 is 0 Å². The predicted octanol–water partition coefficient (Wildman–Crippen LogP) is 2.52. The summed E-state index contributed by atoms with van der Waals surface area (Å²) in [7, 11) is 0. The van der Waals surface area contributed by atoms with E-state index in [0.29, 0.717) is 12.0 Å². The number of hydrogen-bond acceptors (Lipinski definition) is 3. The number of likely N-dealkylation sites (tertiary alicyclic amines) is 1. The van der Waals surface area contributed by atoms with Crippen molar-refractivity contribution in [1.82, 2.24) is 4.90 Å². The van der Waals surface area contributed by atoms with Crippen LogP contribution in [-0.4, -0.2) is 22.6 Å². The summed E-state index contributed by atoms with van der Waals surface area (Å²) in [6, 6.07) is 12.8. The van der Waals surface area contributed by atoms with Crippen molar-refractivity contribution >= 4 is 28.5 Å². The van der Waals surface area contributed by atoms with E-state index in [4.69, 9.17) is 0 Å². The molecule has 2 aromatic rings. The van der Waals surface area contributed by atoms with Crippen molar-refractivity contribution in [3.05, 3.63) is 48.0 Å². The van der Waals surface area contributed by atoms with E-state index in [-0.39, 0.29) is 12.8 Å². The van der Waals surface area contributed by atoms with Gasteiger partial charge in [-0.15, -0.1) is 0 Å². The van der Waals surface area contributed by atoms with Crippen LogP contribution in [0.25, 0.3) is 10.8 Å². The van der Waals surface area contributed by atoms with E-state index in [0.717, 1.165) is 15.7 Å². The molecule has 1 heterocycles. The van der Waals surface area contributed by atoms with Crippen molar-refractivity contribution in [2.75, 3.05) is 0 Å². The quantitative estimate of drug-likeness (QED) is 0.746. The van der Waals surface area contributed by atoms with Gasteiger partial charge in [0.25, 0.3) is 5.91 Å². The summed E-state index contributed by atoms with van der Waals surface area (Å²) in [6.45, 7) is 0. The number of carbonyl (C=O) groups excluding carboxylic acids is 3. The Bertz CT molecular complexity index is 704. The molecule has 0 unspecified atom stereocenters. The van der Waals surface area contributed by atoms with Crippen molar-refractivity contribution in [3.8, 4) is 0 Å². The molecule has 0 aliphatic carbocycles. The van der Waals surface area contributed by atoms with Gasteiger partial charge in [-0.05, 0) is 29.3 Å². The van der Waals surface area contributed by atoms with Gasteiger partial charge in [0.2, 0.25) is 11.8 Å². The molecule has 1 aliphatic rings. The van der Waals surface area contributed by atoms with Gasteiger partial charge in [0, 0.05) is 18.4 Å². The van der Waals surface area contributed by atoms with Crippen molar-refractivity contribution in [1.29, 1.82) is 0 Å². The molecule has 0 saturated carbocycles. The molecule has 2 aromatic carbocycles. The van der Waals surface area contributed by atoms with Crippen molar-refractivity contribution in [3.63, 3.8) is 0 Å². The third kappa shape index (κ3) is 2.09. The first kappa shape index (κ1) is 12.5. The Morgan fingerprint density at radius 1 is 0.900 bits per heavy atom. The van der Waals surface area contributed by atoms with Crippen LogP contribution in [0.1, 0.15) is 29.6 Å². The minimum Gasteiger partial charge on any atom is -0.274 e. The smallest absolute Gasteiger partial charge is 0.267 e. The molecule has 0 bridgehead atoms. The highest BCUT2D eigenvalue weighted by Crippen LogP contribution is 2.20. The average molecular weight is 267 g/mol. The van der Waals surface area contributed by atoms with Gasteiger partial charge in [-0.3, -0.25) is 14.4 Å². The Hall–Kier alpha value is -2.49. The van der Waals surface area contributed by atoms with Gasteiger partial charge in [-0.2, -0.15) is 0 Å². The standard InChI is InChI=1S/C16H13NO3/c18-14-6-3-7-15(19)17(14)16(20)13-9-8-11-4-1-2-5-12(11)10-13/h1-2,4-5,8-10H,3,6-7H2. The first-order valence-corrected chi connectivity index (χ1v) is 6.56. The highest BCUT2D eigenvalue weighted by Gasteiger charge is 2.32. The van der Waals surface area contributed by atoms with Crippen LogP contribution in [0.4, 0.5) is 0 Å². The second-order valence-corrected chi connectivity index (χ2v) is 4.84. The molecule has 3 rings (SSSR count). The number of piperidine rings is 1.